The van der Waals surface area contributed by atoms with Crippen molar-refractivity contribution in [2.45, 2.75) is 46.1 Å². The Bertz CT molecular complexity index is 1500. The normalized spacial score (nSPS) is 12.5. The van der Waals surface area contributed by atoms with Crippen molar-refractivity contribution in [3.63, 3.8) is 0 Å². The van der Waals surface area contributed by atoms with Crippen molar-refractivity contribution >= 4 is 28.9 Å². The lowest BCUT2D eigenvalue weighted by Crippen LogP contribution is -2.27. The number of fused-ring (bicyclic) bond motifs is 1. The molecule has 7 heteroatoms. The maximum absolute atomic E-state index is 13.5. The first-order valence-corrected chi connectivity index (χ1v) is 14.4. The molecule has 0 saturated heterocycles. The molecule has 2 aromatic carbocycles. The summed E-state index contributed by atoms with van der Waals surface area (Å²) in [4.78, 5) is 35.7. The van der Waals surface area contributed by atoms with E-state index in [1.807, 2.05) is 66.1 Å². The lowest BCUT2D eigenvalue weighted by atomic mass is 10.0. The lowest BCUT2D eigenvalue weighted by molar-refractivity contribution is -0.112. The number of ketones is 1. The third-order valence-electron chi connectivity index (χ3n) is 7.78. The molecule has 212 valence electrons. The number of carbonyl (C=O) groups excluding carboxylic acids is 2. The van der Waals surface area contributed by atoms with Gasteiger partial charge in [-0.1, -0.05) is 30.3 Å². The van der Waals surface area contributed by atoms with Crippen molar-refractivity contribution in [3.05, 3.63) is 95.4 Å². The molecular weight excluding hydrogens is 510 g/mol. The summed E-state index contributed by atoms with van der Waals surface area (Å²) in [6.07, 6.45) is 3.99. The van der Waals surface area contributed by atoms with E-state index in [9.17, 15) is 9.59 Å². The van der Waals surface area contributed by atoms with Crippen molar-refractivity contribution in [1.82, 2.24) is 9.55 Å². The quantitative estimate of drug-likeness (QED) is 0.186. The molecule has 7 nitrogen and oxygen atoms in total. The molecule has 4 aromatic rings. The van der Waals surface area contributed by atoms with Gasteiger partial charge in [0.25, 0.3) is 11.7 Å². The van der Waals surface area contributed by atoms with E-state index in [2.05, 4.69) is 59.3 Å². The zero-order valence-electron chi connectivity index (χ0n) is 24.5. The number of nitrogens with one attached hydrogen (secondary N) is 1. The van der Waals surface area contributed by atoms with E-state index >= 15 is 0 Å². The molecule has 1 aliphatic heterocycles. The monoisotopic (exact) mass is 549 g/mol. The van der Waals surface area contributed by atoms with Crippen LogP contribution < -0.4 is 15.1 Å². The summed E-state index contributed by atoms with van der Waals surface area (Å²) < 4.78 is 2.04. The molecular formula is C34H39N5O2. The minimum atomic E-state index is -0.613. The van der Waals surface area contributed by atoms with E-state index in [4.69, 9.17) is 0 Å². The van der Waals surface area contributed by atoms with Crippen molar-refractivity contribution in [3.8, 4) is 11.1 Å². The van der Waals surface area contributed by atoms with Gasteiger partial charge in [0.2, 0.25) is 0 Å². The molecule has 0 atom stereocenters. The molecule has 0 aliphatic carbocycles. The number of Topliss-reactive ketones (excluding diaryl/α,β-unsaturated/α-hetero) is 1. The molecule has 0 fully saturated rings. The third-order valence-corrected chi connectivity index (χ3v) is 7.78. The number of pyridine rings is 1. The predicted octanol–water partition coefficient (Wildman–Crippen LogP) is 6.29. The van der Waals surface area contributed by atoms with Gasteiger partial charge in [-0.2, -0.15) is 0 Å². The van der Waals surface area contributed by atoms with Crippen LogP contribution in [0.5, 0.6) is 0 Å². The SMILES string of the molecule is Cc1cc(C)nc(N(C)CCCN(C)c2ccc(NC(=O)C(=O)c3c(-c4ccccc4)cc4n3CCCC4)cc2)c1. The minimum absolute atomic E-state index is 0.487. The molecule has 0 bridgehead atoms. The van der Waals surface area contributed by atoms with Crippen molar-refractivity contribution in [1.29, 1.82) is 0 Å². The molecule has 3 heterocycles. The van der Waals surface area contributed by atoms with Crippen LogP contribution in [-0.4, -0.2) is 48.4 Å². The van der Waals surface area contributed by atoms with Crippen LogP contribution in [0, 0.1) is 13.8 Å². The van der Waals surface area contributed by atoms with Gasteiger partial charge in [-0.3, -0.25) is 9.59 Å². The second-order valence-electron chi connectivity index (χ2n) is 11.0. The maximum Gasteiger partial charge on any atom is 0.298 e. The largest absolute Gasteiger partial charge is 0.375 e. The predicted molar refractivity (Wildman–Crippen MR) is 167 cm³/mol. The fourth-order valence-corrected chi connectivity index (χ4v) is 5.62. The van der Waals surface area contributed by atoms with Crippen LogP contribution in [0.25, 0.3) is 11.1 Å². The Morgan fingerprint density at radius 2 is 1.63 bits per heavy atom. The fraction of sp³-hybridized carbons (Fsp3) is 0.324. The highest BCUT2D eigenvalue weighted by atomic mass is 16.2. The van der Waals surface area contributed by atoms with E-state index in [1.54, 1.807) is 0 Å². The van der Waals surface area contributed by atoms with Gasteiger partial charge >= 0.3 is 0 Å². The van der Waals surface area contributed by atoms with Crippen LogP contribution in [0.4, 0.5) is 17.2 Å². The number of hydrogen-bond acceptors (Lipinski definition) is 5. The summed E-state index contributed by atoms with van der Waals surface area (Å²) in [5.74, 6) is -0.116. The van der Waals surface area contributed by atoms with Crippen molar-refractivity contribution < 1.29 is 9.59 Å². The number of carbonyl (C=O) groups is 2. The molecule has 41 heavy (non-hydrogen) atoms. The van der Waals surface area contributed by atoms with E-state index in [-0.39, 0.29) is 0 Å². The maximum atomic E-state index is 13.5. The summed E-state index contributed by atoms with van der Waals surface area (Å²) >= 11 is 0. The highest BCUT2D eigenvalue weighted by molar-refractivity contribution is 6.47. The smallest absolute Gasteiger partial charge is 0.298 e. The Morgan fingerprint density at radius 1 is 0.902 bits per heavy atom. The molecule has 1 amide bonds. The number of aryl methyl sites for hydroxylation is 3. The Balaban J connectivity index is 1.21. The summed E-state index contributed by atoms with van der Waals surface area (Å²) in [6, 6.07) is 23.8. The molecule has 0 spiro atoms. The molecule has 2 aromatic heterocycles. The minimum Gasteiger partial charge on any atom is -0.375 e. The van der Waals surface area contributed by atoms with Gasteiger partial charge in [-0.25, -0.2) is 4.98 Å². The van der Waals surface area contributed by atoms with Gasteiger partial charge in [0.15, 0.2) is 0 Å². The first kappa shape index (κ1) is 28.1. The first-order chi connectivity index (χ1) is 19.8. The number of aromatic nitrogens is 2. The molecule has 0 unspecified atom stereocenters. The summed E-state index contributed by atoms with van der Waals surface area (Å²) in [5, 5.41) is 2.83. The average Bonchev–Trinajstić information content (AvgIpc) is 3.36. The number of amides is 1. The van der Waals surface area contributed by atoms with Crippen molar-refractivity contribution in [2.75, 3.05) is 42.3 Å². The Morgan fingerprint density at radius 3 is 2.37 bits per heavy atom. The third kappa shape index (κ3) is 6.51. The second-order valence-corrected chi connectivity index (χ2v) is 11.0. The molecule has 5 rings (SSSR count). The Kier molecular flexibility index (Phi) is 8.53. The second kappa shape index (κ2) is 12.4. The number of anilines is 3. The van der Waals surface area contributed by atoms with Crippen LogP contribution >= 0.6 is 0 Å². The zero-order valence-corrected chi connectivity index (χ0v) is 24.5. The lowest BCUT2D eigenvalue weighted by Gasteiger charge is -2.23. The number of rotatable bonds is 10. The summed E-state index contributed by atoms with van der Waals surface area (Å²) in [5.41, 5.74) is 7.29. The topological polar surface area (TPSA) is 70.5 Å². The van der Waals surface area contributed by atoms with Crippen LogP contribution in [-0.2, 0) is 17.8 Å². The Labute approximate surface area is 242 Å². The van der Waals surface area contributed by atoms with Gasteiger partial charge in [-0.05, 0) is 93.1 Å². The highest BCUT2D eigenvalue weighted by Gasteiger charge is 2.28. The summed E-state index contributed by atoms with van der Waals surface area (Å²) in [7, 11) is 4.14. The van der Waals surface area contributed by atoms with Gasteiger partial charge in [0, 0.05) is 62.1 Å². The summed E-state index contributed by atoms with van der Waals surface area (Å²) in [6.45, 7) is 6.65. The van der Waals surface area contributed by atoms with Crippen molar-refractivity contribution in [2.24, 2.45) is 0 Å². The molecule has 0 saturated carbocycles. The van der Waals surface area contributed by atoms with Gasteiger partial charge in [0.05, 0.1) is 0 Å². The van der Waals surface area contributed by atoms with Crippen LogP contribution in [0.2, 0.25) is 0 Å². The van der Waals surface area contributed by atoms with Gasteiger partial charge < -0.3 is 19.7 Å². The standard InChI is InChI=1S/C34H39N5O2/c1-24-21-25(2)35-31(22-24)38(4)19-10-18-37(3)28-16-14-27(15-17-28)36-34(41)33(40)32-30(26-11-6-5-7-12-26)23-29-13-8-9-20-39(29)32/h5-7,11-12,14-17,21-23H,8-10,13,18-20H2,1-4H3,(H,36,41). The number of nitrogens with zero attached hydrogens (tertiary/aromatic N) is 4. The zero-order chi connectivity index (χ0) is 28.9. The Hall–Kier alpha value is -4.39. The van der Waals surface area contributed by atoms with Crippen LogP contribution in [0.3, 0.4) is 0 Å². The van der Waals surface area contributed by atoms with E-state index in [1.165, 1.54) is 5.56 Å². The highest BCUT2D eigenvalue weighted by Crippen LogP contribution is 2.31. The number of hydrogen-bond donors (Lipinski definition) is 1. The fourth-order valence-electron chi connectivity index (χ4n) is 5.62. The van der Waals surface area contributed by atoms with Gasteiger partial charge in [-0.15, -0.1) is 0 Å². The van der Waals surface area contributed by atoms with Gasteiger partial charge in [0.1, 0.15) is 11.5 Å². The number of benzene rings is 2. The van der Waals surface area contributed by atoms with E-state index in [0.717, 1.165) is 79.3 Å². The van der Waals surface area contributed by atoms with Crippen LogP contribution in [0.1, 0.15) is 46.7 Å². The van der Waals surface area contributed by atoms with E-state index < -0.39 is 11.7 Å². The van der Waals surface area contributed by atoms with E-state index in [0.29, 0.717) is 11.4 Å². The molecule has 0 radical (unpaired) electrons. The molecule has 1 aliphatic rings. The van der Waals surface area contributed by atoms with Crippen LogP contribution in [0.15, 0.2) is 72.8 Å². The first-order valence-electron chi connectivity index (χ1n) is 14.4. The molecule has 1 N–H and O–H groups in total. The average molecular weight is 550 g/mol.